The van der Waals surface area contributed by atoms with E-state index in [0.717, 1.165) is 11.3 Å². The second-order valence-electron chi connectivity index (χ2n) is 24.8. The number of H-pyrrole nitrogens is 2. The minimum Gasteiger partial charge on any atom is -0.481 e. The molecule has 5 aliphatic carbocycles. The molecule has 408 valence electrons. The summed E-state index contributed by atoms with van der Waals surface area (Å²) < 4.78 is 12.5. The van der Waals surface area contributed by atoms with Gasteiger partial charge >= 0.3 is 5.97 Å². The molecule has 20 nitrogen and oxygen atoms in total. The largest absolute Gasteiger partial charge is 0.481 e. The quantitative estimate of drug-likeness (QED) is 0.0632. The molecule has 2 aromatic rings. The number of nitrogens with two attached hydrogens (primary N) is 1. The normalized spacial score (nSPS) is 47.3. The van der Waals surface area contributed by atoms with E-state index in [1.165, 1.54) is 6.33 Å². The minimum atomic E-state index is -1.71. The number of carbonyl (C=O) groups excluding carboxylic acids is 1. The summed E-state index contributed by atoms with van der Waals surface area (Å²) >= 11 is 0. The zero-order valence-electron chi connectivity index (χ0n) is 42.9. The average Bonchev–Trinajstić information content (AvgIpc) is 4.15. The van der Waals surface area contributed by atoms with Gasteiger partial charge in [0.2, 0.25) is 5.91 Å². The topological polar surface area (TPSA) is 350 Å². The second kappa shape index (κ2) is 19.9. The third-order valence-corrected chi connectivity index (χ3v) is 21.8. The highest BCUT2D eigenvalue weighted by molar-refractivity contribution is 5.82. The number of aromatic amines is 2. The summed E-state index contributed by atoms with van der Waals surface area (Å²) in [4.78, 5) is 43.5. The van der Waals surface area contributed by atoms with Crippen molar-refractivity contribution >= 4 is 11.9 Å². The highest BCUT2D eigenvalue weighted by atomic mass is 16.7. The van der Waals surface area contributed by atoms with Crippen LogP contribution in [0.4, 0.5) is 0 Å². The van der Waals surface area contributed by atoms with Crippen LogP contribution < -0.4 is 11.1 Å². The van der Waals surface area contributed by atoms with Crippen LogP contribution in [0.1, 0.15) is 110 Å². The molecule has 15 N–H and O–H groups in total. The van der Waals surface area contributed by atoms with Crippen LogP contribution in [0.3, 0.4) is 0 Å². The van der Waals surface area contributed by atoms with Gasteiger partial charge in [0.25, 0.3) is 0 Å². The van der Waals surface area contributed by atoms with Gasteiger partial charge in [-0.05, 0) is 121 Å². The fraction of sp³-hybridized carbons (Fsp3) is 0.811. The standard InChI is InChI=1S/C53H82N6O14/c1-48(22-62)12-13-53(47(70)71)33(16-48)30-7-8-38-50(3,52(30,5)31(34(53)20-61)14-26-17-55-24-57-26)11-10-37-49(2,23-63)44(73-46-43(68)42(67)36(64)21-72-46)41(66)32(51(37,38)4)15-28-29(19-60)45(69)59-40(28)27(6-9-39(54)65)35-18-56-25-58-35/h7,17-18,24-25,27-29,31-34,36-44,46,60-68H,6,8-16,19-23,54H2,1-5H3,(H,55,57)(H,56,58)(H,59,69)(H,70,71)/t27-,28-,29-,31+,32-,33+,34+,36-,37-,38+,39+,40+,41-,42+,43-,44-,46+,48+,49+,50-,51+,52+,53-/m1/s1. The number of aliphatic hydroxyl groups is 9. The number of aliphatic carboxylic acids is 1. The summed E-state index contributed by atoms with van der Waals surface area (Å²) in [5.41, 5.74) is 2.78. The van der Waals surface area contributed by atoms with Crippen molar-refractivity contribution in [3.8, 4) is 0 Å². The molecule has 0 unspecified atom stereocenters. The Kier molecular flexibility index (Phi) is 14.8. The first-order valence-corrected chi connectivity index (χ1v) is 26.6. The summed E-state index contributed by atoms with van der Waals surface area (Å²) in [7, 11) is 0. The summed E-state index contributed by atoms with van der Waals surface area (Å²) in [6.45, 7) is 8.69. The van der Waals surface area contributed by atoms with E-state index in [4.69, 9.17) is 15.2 Å². The molecule has 0 radical (unpaired) electrons. The lowest BCUT2D eigenvalue weighted by Gasteiger charge is -2.75. The predicted octanol–water partition coefficient (Wildman–Crippen LogP) is 0.926. The summed E-state index contributed by atoms with van der Waals surface area (Å²) in [5, 5.41) is 117. The SMILES string of the molecule is C[C@]1(CO)CC[C@@]2(C(=O)O)[C@@H](C1)C1=CC[C@@H]3[C@@]4(C)[C@H](C[C@H]5[C@H]([C@H](CC[C@@H](N)O)c6cnc[nH]6)NC(=O)[C@@H]5CO)[C@@H](O)[C@@H](O[C@@H]5OC[C@@H](O)[C@H](O)[C@H]5O)[C@@](C)(CO)[C@H]4CC[C@@]3(C)[C@]1(C)[C@@H](Cc1cnc[nH]1)[C@@H]2CO. The summed E-state index contributed by atoms with van der Waals surface area (Å²) in [5.74, 6) is -6.59. The van der Waals surface area contributed by atoms with Gasteiger partial charge in [0.05, 0.1) is 56.0 Å². The van der Waals surface area contributed by atoms with Gasteiger partial charge in [0.1, 0.15) is 24.5 Å². The lowest BCUT2D eigenvalue weighted by molar-refractivity contribution is -0.341. The molecule has 1 amide bonds. The van der Waals surface area contributed by atoms with Crippen LogP contribution in [0, 0.1) is 79.8 Å². The Balaban J connectivity index is 1.23. The number of hydrogen-bond donors (Lipinski definition) is 14. The Morgan fingerprint density at radius 3 is 2.23 bits per heavy atom. The number of carbonyl (C=O) groups is 2. The molecule has 2 aromatic heterocycles. The third-order valence-electron chi connectivity index (χ3n) is 21.8. The van der Waals surface area contributed by atoms with Crippen LogP contribution in [0.25, 0.3) is 0 Å². The number of ether oxygens (including phenoxy) is 2. The molecule has 2 aliphatic heterocycles. The number of nitrogens with zero attached hydrogens (tertiary/aromatic N) is 2. The zero-order chi connectivity index (χ0) is 52.8. The van der Waals surface area contributed by atoms with Crippen molar-refractivity contribution in [3.63, 3.8) is 0 Å². The van der Waals surface area contributed by atoms with Crippen LogP contribution in [0.5, 0.6) is 0 Å². The van der Waals surface area contributed by atoms with Gasteiger partial charge in [-0.1, -0.05) is 46.3 Å². The smallest absolute Gasteiger partial charge is 0.310 e. The molecule has 23 atom stereocenters. The highest BCUT2D eigenvalue weighted by Gasteiger charge is 2.76. The van der Waals surface area contributed by atoms with Crippen molar-refractivity contribution in [2.24, 2.45) is 85.6 Å². The molecule has 2 saturated heterocycles. The molecule has 20 heteroatoms. The lowest BCUT2D eigenvalue weighted by atomic mass is 9.29. The van der Waals surface area contributed by atoms with E-state index in [2.05, 4.69) is 52.1 Å². The number of carboxylic acids is 1. The van der Waals surface area contributed by atoms with Gasteiger partial charge < -0.3 is 81.6 Å². The van der Waals surface area contributed by atoms with Crippen molar-refractivity contribution in [1.82, 2.24) is 25.3 Å². The minimum absolute atomic E-state index is 0.127. The highest BCUT2D eigenvalue weighted by Crippen LogP contribution is 2.79. The van der Waals surface area contributed by atoms with E-state index in [1.807, 2.05) is 13.8 Å². The number of imidazole rings is 2. The molecular weight excluding hydrogens is 945 g/mol. The molecule has 0 bridgehead atoms. The van der Waals surface area contributed by atoms with Crippen LogP contribution in [-0.2, 0) is 25.5 Å². The predicted molar refractivity (Wildman–Crippen MR) is 261 cm³/mol. The number of aromatic nitrogens is 4. The van der Waals surface area contributed by atoms with Gasteiger partial charge in [-0.25, -0.2) is 9.97 Å². The number of carboxylic acid groups (broad SMARTS) is 1. The number of allylic oxidation sites excluding steroid dienone is 2. The van der Waals surface area contributed by atoms with Crippen molar-refractivity contribution in [2.75, 3.05) is 33.0 Å². The number of nitrogens with one attached hydrogen (secondary N) is 3. The van der Waals surface area contributed by atoms with Gasteiger partial charge in [-0.3, -0.25) is 9.59 Å². The molecule has 0 aromatic carbocycles. The third kappa shape index (κ3) is 8.21. The first-order valence-electron chi connectivity index (χ1n) is 26.6. The number of rotatable bonds is 16. The van der Waals surface area contributed by atoms with E-state index in [9.17, 15) is 60.7 Å². The number of amides is 1. The summed E-state index contributed by atoms with van der Waals surface area (Å²) in [6, 6.07) is -0.646. The lowest BCUT2D eigenvalue weighted by Crippen LogP contribution is -2.74. The molecule has 73 heavy (non-hydrogen) atoms. The average molecular weight is 1030 g/mol. The fourth-order valence-corrected chi connectivity index (χ4v) is 17.8. The van der Waals surface area contributed by atoms with Crippen molar-refractivity contribution in [3.05, 3.63) is 48.1 Å². The van der Waals surface area contributed by atoms with Crippen molar-refractivity contribution in [2.45, 2.75) is 154 Å². The first-order chi connectivity index (χ1) is 34.6. The van der Waals surface area contributed by atoms with Crippen LogP contribution in [0.2, 0.25) is 0 Å². The van der Waals surface area contributed by atoms with E-state index in [0.29, 0.717) is 50.6 Å². The Hall–Kier alpha value is -3.38. The molecule has 4 saturated carbocycles. The van der Waals surface area contributed by atoms with Gasteiger partial charge in [-0.2, -0.15) is 0 Å². The number of hydrogen-bond acceptors (Lipinski definition) is 16. The van der Waals surface area contributed by atoms with Crippen LogP contribution >= 0.6 is 0 Å². The number of fused-ring (bicyclic) bond motifs is 7. The van der Waals surface area contributed by atoms with Gasteiger partial charge in [-0.15, -0.1) is 0 Å². The van der Waals surface area contributed by atoms with Crippen LogP contribution in [0.15, 0.2) is 36.7 Å². The maximum atomic E-state index is 14.2. The van der Waals surface area contributed by atoms with Crippen LogP contribution in [-0.4, -0.2) is 165 Å². The zero-order valence-corrected chi connectivity index (χ0v) is 42.9. The molecule has 0 spiro atoms. The van der Waals surface area contributed by atoms with Gasteiger partial charge in [0.15, 0.2) is 6.29 Å². The molecular formula is C53H82N6O14. The molecule has 9 rings (SSSR count). The Labute approximate surface area is 426 Å². The van der Waals surface area contributed by atoms with E-state index < -0.39 is 155 Å². The molecule has 6 fully saturated rings. The fourth-order valence-electron chi connectivity index (χ4n) is 17.8. The maximum absolute atomic E-state index is 14.2. The molecule has 7 aliphatic rings. The van der Waals surface area contributed by atoms with E-state index in [-0.39, 0.29) is 44.3 Å². The Morgan fingerprint density at radius 1 is 0.890 bits per heavy atom. The Morgan fingerprint density at radius 2 is 1.62 bits per heavy atom. The monoisotopic (exact) mass is 1030 g/mol. The van der Waals surface area contributed by atoms with E-state index >= 15 is 0 Å². The summed E-state index contributed by atoms with van der Waals surface area (Å²) in [6.07, 6.45) is 2.36. The second-order valence-corrected chi connectivity index (χ2v) is 24.8. The first kappa shape index (κ1) is 54.4. The molecule has 4 heterocycles. The van der Waals surface area contributed by atoms with E-state index in [1.54, 1.807) is 18.7 Å². The van der Waals surface area contributed by atoms with Gasteiger partial charge in [0, 0.05) is 60.3 Å². The Bertz CT molecular complexity index is 2310. The van der Waals surface area contributed by atoms with Crippen molar-refractivity contribution in [1.29, 1.82) is 0 Å². The maximum Gasteiger partial charge on any atom is 0.310 e. The number of aliphatic hydroxyl groups excluding tert-OH is 9. The van der Waals surface area contributed by atoms with Crippen molar-refractivity contribution < 1.29 is 70.1 Å².